The summed E-state index contributed by atoms with van der Waals surface area (Å²) in [6.07, 6.45) is 8.30. The molecule has 0 bridgehead atoms. The fraction of sp³-hybridized carbons (Fsp3) is 1.00. The zero-order chi connectivity index (χ0) is 14.2. The Morgan fingerprint density at radius 3 is 1.72 bits per heavy atom. The predicted molar refractivity (Wildman–Crippen MR) is 84.1 cm³/mol. The van der Waals surface area contributed by atoms with Crippen molar-refractivity contribution in [1.82, 2.24) is 5.32 Å². The SMILES string of the molecule is CC(C)CCCC(C)CCCC(C)NC(C)(C)C. The Morgan fingerprint density at radius 1 is 0.778 bits per heavy atom. The highest BCUT2D eigenvalue weighted by Gasteiger charge is 2.13. The van der Waals surface area contributed by atoms with E-state index in [1.54, 1.807) is 0 Å². The van der Waals surface area contributed by atoms with Gasteiger partial charge in [-0.1, -0.05) is 52.9 Å². The summed E-state index contributed by atoms with van der Waals surface area (Å²) in [4.78, 5) is 0. The largest absolute Gasteiger partial charge is 0.310 e. The fourth-order valence-corrected chi connectivity index (χ4v) is 2.60. The molecule has 1 nitrogen and oxygen atoms in total. The van der Waals surface area contributed by atoms with E-state index < -0.39 is 0 Å². The second kappa shape index (κ2) is 8.96. The van der Waals surface area contributed by atoms with E-state index >= 15 is 0 Å². The Kier molecular flexibility index (Phi) is 8.94. The van der Waals surface area contributed by atoms with Crippen LogP contribution in [0.2, 0.25) is 0 Å². The first-order valence-corrected chi connectivity index (χ1v) is 7.98. The van der Waals surface area contributed by atoms with Crippen molar-refractivity contribution in [3.63, 3.8) is 0 Å². The van der Waals surface area contributed by atoms with Gasteiger partial charge in [0.2, 0.25) is 0 Å². The molecule has 2 atom stereocenters. The average Bonchev–Trinajstić information content (AvgIpc) is 2.13. The second-order valence-corrected chi connectivity index (χ2v) is 7.66. The van der Waals surface area contributed by atoms with E-state index in [0.29, 0.717) is 6.04 Å². The fourth-order valence-electron chi connectivity index (χ4n) is 2.60. The Labute approximate surface area is 116 Å². The summed E-state index contributed by atoms with van der Waals surface area (Å²) >= 11 is 0. The lowest BCUT2D eigenvalue weighted by Gasteiger charge is -2.26. The minimum absolute atomic E-state index is 0.252. The van der Waals surface area contributed by atoms with Gasteiger partial charge in [0, 0.05) is 11.6 Å². The molecule has 0 rings (SSSR count). The molecule has 0 spiro atoms. The van der Waals surface area contributed by atoms with E-state index in [9.17, 15) is 0 Å². The highest BCUT2D eigenvalue weighted by Crippen LogP contribution is 2.18. The third-order valence-corrected chi connectivity index (χ3v) is 3.49. The first-order valence-electron chi connectivity index (χ1n) is 7.98. The molecule has 1 heteroatoms. The molecule has 0 fully saturated rings. The van der Waals surface area contributed by atoms with E-state index in [-0.39, 0.29) is 5.54 Å². The van der Waals surface area contributed by atoms with Crippen molar-refractivity contribution < 1.29 is 0 Å². The molecule has 0 heterocycles. The van der Waals surface area contributed by atoms with Gasteiger partial charge in [-0.25, -0.2) is 0 Å². The number of nitrogens with one attached hydrogen (secondary N) is 1. The summed E-state index contributed by atoms with van der Waals surface area (Å²) < 4.78 is 0. The van der Waals surface area contributed by atoms with Crippen molar-refractivity contribution in [3.8, 4) is 0 Å². The summed E-state index contributed by atoms with van der Waals surface area (Å²) in [6.45, 7) is 16.1. The minimum atomic E-state index is 0.252. The van der Waals surface area contributed by atoms with E-state index in [1.807, 2.05) is 0 Å². The molecular weight excluding hydrogens is 218 g/mol. The normalized spacial score (nSPS) is 16.0. The smallest absolute Gasteiger partial charge is 0.00989 e. The monoisotopic (exact) mass is 255 g/mol. The summed E-state index contributed by atoms with van der Waals surface area (Å²) in [5.41, 5.74) is 0.252. The van der Waals surface area contributed by atoms with Gasteiger partial charge in [-0.05, 0) is 46.0 Å². The third kappa shape index (κ3) is 12.4. The quantitative estimate of drug-likeness (QED) is 0.582. The molecule has 0 aromatic carbocycles. The van der Waals surface area contributed by atoms with Crippen molar-refractivity contribution in [2.24, 2.45) is 11.8 Å². The second-order valence-electron chi connectivity index (χ2n) is 7.66. The number of hydrogen-bond acceptors (Lipinski definition) is 1. The maximum Gasteiger partial charge on any atom is 0.00989 e. The van der Waals surface area contributed by atoms with Gasteiger partial charge < -0.3 is 5.32 Å². The maximum atomic E-state index is 3.65. The molecule has 18 heavy (non-hydrogen) atoms. The highest BCUT2D eigenvalue weighted by atomic mass is 15.0. The standard InChI is InChI=1S/C17H37N/c1-14(2)10-8-11-15(3)12-9-13-16(4)18-17(5,6)7/h14-16,18H,8-13H2,1-7H3. The lowest BCUT2D eigenvalue weighted by Crippen LogP contribution is -2.42. The zero-order valence-corrected chi connectivity index (χ0v) is 14.0. The van der Waals surface area contributed by atoms with Crippen LogP contribution in [0, 0.1) is 11.8 Å². The van der Waals surface area contributed by atoms with Crippen molar-refractivity contribution in [2.75, 3.05) is 0 Å². The van der Waals surface area contributed by atoms with E-state index in [2.05, 4.69) is 53.8 Å². The van der Waals surface area contributed by atoms with Gasteiger partial charge in [0.25, 0.3) is 0 Å². The maximum absolute atomic E-state index is 3.65. The molecular formula is C17H37N. The zero-order valence-electron chi connectivity index (χ0n) is 14.0. The molecule has 0 saturated carbocycles. The first-order chi connectivity index (χ1) is 8.20. The summed E-state index contributed by atoms with van der Waals surface area (Å²) in [5.74, 6) is 1.78. The Balaban J connectivity index is 3.52. The topological polar surface area (TPSA) is 12.0 Å². The van der Waals surface area contributed by atoms with Crippen molar-refractivity contribution in [2.45, 2.75) is 98.6 Å². The van der Waals surface area contributed by atoms with Gasteiger partial charge in [0.1, 0.15) is 0 Å². The van der Waals surface area contributed by atoms with Crippen LogP contribution in [0.3, 0.4) is 0 Å². The van der Waals surface area contributed by atoms with Crippen LogP contribution in [-0.4, -0.2) is 11.6 Å². The Hall–Kier alpha value is -0.0400. The summed E-state index contributed by atoms with van der Waals surface area (Å²) in [6, 6.07) is 0.646. The van der Waals surface area contributed by atoms with Crippen LogP contribution in [0.25, 0.3) is 0 Å². The molecule has 0 aromatic heterocycles. The van der Waals surface area contributed by atoms with Gasteiger partial charge in [-0.2, -0.15) is 0 Å². The van der Waals surface area contributed by atoms with Crippen molar-refractivity contribution in [1.29, 1.82) is 0 Å². The lowest BCUT2D eigenvalue weighted by atomic mass is 9.94. The van der Waals surface area contributed by atoms with Gasteiger partial charge in [-0.15, -0.1) is 0 Å². The van der Waals surface area contributed by atoms with E-state index in [1.165, 1.54) is 38.5 Å². The van der Waals surface area contributed by atoms with Crippen molar-refractivity contribution in [3.05, 3.63) is 0 Å². The van der Waals surface area contributed by atoms with Gasteiger partial charge in [0.05, 0.1) is 0 Å². The molecule has 0 saturated heterocycles. The molecule has 0 aliphatic heterocycles. The molecule has 2 unspecified atom stereocenters. The predicted octanol–water partition coefficient (Wildman–Crippen LogP) is 5.40. The molecule has 0 amide bonds. The molecule has 0 aliphatic rings. The highest BCUT2D eigenvalue weighted by molar-refractivity contribution is 4.75. The van der Waals surface area contributed by atoms with Crippen LogP contribution < -0.4 is 5.32 Å². The molecule has 110 valence electrons. The third-order valence-electron chi connectivity index (χ3n) is 3.49. The van der Waals surface area contributed by atoms with Gasteiger partial charge in [0.15, 0.2) is 0 Å². The van der Waals surface area contributed by atoms with Crippen LogP contribution in [-0.2, 0) is 0 Å². The van der Waals surface area contributed by atoms with Crippen LogP contribution in [0.15, 0.2) is 0 Å². The van der Waals surface area contributed by atoms with E-state index in [0.717, 1.165) is 11.8 Å². The average molecular weight is 255 g/mol. The molecule has 1 N–H and O–H groups in total. The molecule has 0 aliphatic carbocycles. The van der Waals surface area contributed by atoms with Gasteiger partial charge in [-0.3, -0.25) is 0 Å². The number of hydrogen-bond donors (Lipinski definition) is 1. The van der Waals surface area contributed by atoms with Crippen LogP contribution in [0.4, 0.5) is 0 Å². The minimum Gasteiger partial charge on any atom is -0.310 e. The summed E-state index contributed by atoms with van der Waals surface area (Å²) in [7, 11) is 0. The van der Waals surface area contributed by atoms with Crippen LogP contribution in [0.5, 0.6) is 0 Å². The first kappa shape index (κ1) is 18.0. The number of rotatable bonds is 9. The Bertz CT molecular complexity index is 190. The van der Waals surface area contributed by atoms with Crippen LogP contribution in [0.1, 0.15) is 87.0 Å². The van der Waals surface area contributed by atoms with E-state index in [4.69, 9.17) is 0 Å². The van der Waals surface area contributed by atoms with Crippen LogP contribution >= 0.6 is 0 Å². The molecule has 0 aromatic rings. The van der Waals surface area contributed by atoms with Gasteiger partial charge >= 0.3 is 0 Å². The summed E-state index contributed by atoms with van der Waals surface area (Å²) in [5, 5.41) is 3.65. The molecule has 0 radical (unpaired) electrons. The van der Waals surface area contributed by atoms with Crippen molar-refractivity contribution >= 4 is 0 Å². The lowest BCUT2D eigenvalue weighted by molar-refractivity contribution is 0.342. The Morgan fingerprint density at radius 2 is 1.28 bits per heavy atom.